The molecule has 1 rings (SSSR count). The van der Waals surface area contributed by atoms with Crippen molar-refractivity contribution in [2.24, 2.45) is 0 Å². The van der Waals surface area contributed by atoms with E-state index in [4.69, 9.17) is 22.4 Å². The number of hydrogen-bond acceptors (Lipinski definition) is 2. The van der Waals surface area contributed by atoms with Crippen molar-refractivity contribution in [3.05, 3.63) is 47.3 Å². The Labute approximate surface area is 76.8 Å². The topological polar surface area (TPSA) is 0 Å². The Morgan fingerprint density at radius 2 is 1.00 bits per heavy atom. The van der Waals surface area contributed by atoms with Crippen LogP contribution in [0.4, 0.5) is 0 Å². The van der Waals surface area contributed by atoms with Crippen LogP contribution in [0.1, 0.15) is 0 Å². The highest BCUT2D eigenvalue weighted by Gasteiger charge is 1.86. The Morgan fingerprint density at radius 1 is 0.636 bits per heavy atom. The van der Waals surface area contributed by atoms with Gasteiger partial charge in [-0.25, -0.2) is 0 Å². The Hall–Kier alpha value is -0.250. The minimum atomic E-state index is -1.46. The van der Waals surface area contributed by atoms with Gasteiger partial charge in [-0.05, 0) is 40.3 Å². The summed E-state index contributed by atoms with van der Waals surface area (Å²) >= 11 is 10.3. The third-order valence-corrected chi connectivity index (χ3v) is 3.50. The molecule has 0 fully saturated rings. The molecule has 0 aromatic heterocycles. The van der Waals surface area contributed by atoms with E-state index < -0.39 is 7.15 Å². The summed E-state index contributed by atoms with van der Waals surface area (Å²) in [5, 5.41) is 3.80. The van der Waals surface area contributed by atoms with Crippen LogP contribution >= 0.6 is 0 Å². The van der Waals surface area contributed by atoms with Gasteiger partial charge in [0, 0.05) is 0 Å². The molecule has 1 aliphatic heterocycles. The van der Waals surface area contributed by atoms with Crippen molar-refractivity contribution in [1.29, 1.82) is 0 Å². The molecule has 0 spiro atoms. The smallest absolute Gasteiger partial charge is 0.0167 e. The molecule has 0 atom stereocenters. The van der Waals surface area contributed by atoms with Crippen molar-refractivity contribution in [3.8, 4) is 0 Å². The summed E-state index contributed by atoms with van der Waals surface area (Å²) in [6.45, 7) is 0. The fourth-order valence-electron chi connectivity index (χ4n) is 0.612. The molecule has 0 amide bonds. The SMILES string of the molecule is S=S1(=S)C=C\C=C/C=C\C=C/1. The normalized spacial score (nSPS) is 29.5. The predicted molar refractivity (Wildman–Crippen MR) is 58.7 cm³/mol. The fourth-order valence-corrected chi connectivity index (χ4v) is 2.09. The maximum absolute atomic E-state index is 5.16. The molecule has 0 N–H and O–H groups in total. The molecule has 0 aliphatic carbocycles. The molecule has 0 radical (unpaired) electrons. The molecular weight excluding hydrogens is 192 g/mol. The lowest BCUT2D eigenvalue weighted by Crippen LogP contribution is -1.80. The fraction of sp³-hybridized carbons (Fsp3) is 0. The summed E-state index contributed by atoms with van der Waals surface area (Å²) in [7, 11) is -1.46. The lowest BCUT2D eigenvalue weighted by Gasteiger charge is -1.91. The van der Waals surface area contributed by atoms with Crippen molar-refractivity contribution in [1.82, 2.24) is 0 Å². The minimum Gasteiger partial charge on any atom is -0.0622 e. The van der Waals surface area contributed by atoms with E-state index in [0.29, 0.717) is 0 Å². The van der Waals surface area contributed by atoms with Crippen molar-refractivity contribution in [2.45, 2.75) is 0 Å². The molecule has 11 heavy (non-hydrogen) atoms. The highest BCUT2D eigenvalue weighted by molar-refractivity contribution is 8.59. The molecule has 0 aromatic rings. The standard InChI is InChI=1S/C8H8S3/c9-11(10)7-5-3-1-2-4-6-8-11/h1-8H/b3-1-,4-2-,7-5-,8-6?. The molecule has 3 heteroatoms. The lowest BCUT2D eigenvalue weighted by molar-refractivity contribution is 1.91. The molecule has 0 saturated carbocycles. The molecule has 0 aromatic carbocycles. The second-order valence-corrected chi connectivity index (χ2v) is 7.68. The van der Waals surface area contributed by atoms with E-state index in [1.54, 1.807) is 0 Å². The highest BCUT2D eigenvalue weighted by Crippen LogP contribution is 1.99. The zero-order chi connectivity index (χ0) is 8.16. The maximum atomic E-state index is 5.16. The van der Waals surface area contributed by atoms with Gasteiger partial charge in [-0.3, -0.25) is 0 Å². The first-order chi connectivity index (χ1) is 5.21. The quantitative estimate of drug-likeness (QED) is 0.588. The highest BCUT2D eigenvalue weighted by atomic mass is 33.1. The molecule has 1 aliphatic rings. The van der Waals surface area contributed by atoms with E-state index in [1.807, 2.05) is 47.3 Å². The van der Waals surface area contributed by atoms with E-state index in [-0.39, 0.29) is 0 Å². The van der Waals surface area contributed by atoms with E-state index in [0.717, 1.165) is 0 Å². The maximum Gasteiger partial charge on any atom is -0.0167 e. The number of hydrogen-bond donors (Lipinski definition) is 0. The van der Waals surface area contributed by atoms with E-state index >= 15 is 0 Å². The van der Waals surface area contributed by atoms with Gasteiger partial charge in [0.2, 0.25) is 0 Å². The van der Waals surface area contributed by atoms with Crippen LogP contribution in [0.3, 0.4) is 0 Å². The summed E-state index contributed by atoms with van der Waals surface area (Å²) in [5.41, 5.74) is 0. The van der Waals surface area contributed by atoms with Gasteiger partial charge in [-0.2, -0.15) is 0 Å². The molecule has 0 saturated heterocycles. The third kappa shape index (κ3) is 3.60. The number of allylic oxidation sites excluding steroid dienone is 6. The molecule has 58 valence electrons. The Bertz CT molecular complexity index is 298. The van der Waals surface area contributed by atoms with Crippen LogP contribution in [0.5, 0.6) is 0 Å². The van der Waals surface area contributed by atoms with Crippen LogP contribution in [0.25, 0.3) is 0 Å². The summed E-state index contributed by atoms with van der Waals surface area (Å²) < 4.78 is 0. The monoisotopic (exact) mass is 200 g/mol. The zero-order valence-electron chi connectivity index (χ0n) is 5.84. The largest absolute Gasteiger partial charge is 0.0622 e. The van der Waals surface area contributed by atoms with Gasteiger partial charge in [-0.15, -0.1) is 0 Å². The lowest BCUT2D eigenvalue weighted by atomic mass is 10.4. The molecule has 0 nitrogen and oxygen atoms in total. The van der Waals surface area contributed by atoms with Crippen molar-refractivity contribution < 1.29 is 0 Å². The minimum absolute atomic E-state index is 1.46. The van der Waals surface area contributed by atoms with Crippen LogP contribution in [-0.4, -0.2) is 0 Å². The van der Waals surface area contributed by atoms with E-state index in [9.17, 15) is 0 Å². The Kier molecular flexibility index (Phi) is 3.17. The van der Waals surface area contributed by atoms with Crippen LogP contribution < -0.4 is 0 Å². The van der Waals surface area contributed by atoms with Crippen LogP contribution in [0.2, 0.25) is 0 Å². The van der Waals surface area contributed by atoms with Gasteiger partial charge < -0.3 is 0 Å². The number of rotatable bonds is 0. The average molecular weight is 200 g/mol. The van der Waals surface area contributed by atoms with E-state index in [2.05, 4.69) is 0 Å². The van der Waals surface area contributed by atoms with Gasteiger partial charge in [0.15, 0.2) is 0 Å². The average Bonchev–Trinajstić information content (AvgIpc) is 2.00. The second-order valence-electron chi connectivity index (χ2n) is 2.02. The van der Waals surface area contributed by atoms with Crippen LogP contribution in [0, 0.1) is 0 Å². The Balaban J connectivity index is 3.05. The van der Waals surface area contributed by atoms with Crippen LogP contribution in [-0.2, 0) is 29.5 Å². The summed E-state index contributed by atoms with van der Waals surface area (Å²) in [6.07, 6.45) is 11.6. The van der Waals surface area contributed by atoms with Gasteiger partial charge in [0.1, 0.15) is 0 Å². The summed E-state index contributed by atoms with van der Waals surface area (Å²) in [4.78, 5) is 0. The first-order valence-corrected chi connectivity index (χ1v) is 6.75. The van der Waals surface area contributed by atoms with Crippen molar-refractivity contribution in [3.63, 3.8) is 0 Å². The van der Waals surface area contributed by atoms with Crippen molar-refractivity contribution in [2.75, 3.05) is 0 Å². The van der Waals surface area contributed by atoms with Gasteiger partial charge >= 0.3 is 0 Å². The van der Waals surface area contributed by atoms with E-state index in [1.165, 1.54) is 0 Å². The predicted octanol–water partition coefficient (Wildman–Crippen LogP) is 2.22. The summed E-state index contributed by atoms with van der Waals surface area (Å²) in [6, 6.07) is 0. The molecule has 1 heterocycles. The Morgan fingerprint density at radius 3 is 1.45 bits per heavy atom. The third-order valence-electron chi connectivity index (χ3n) is 1.09. The second kappa shape index (κ2) is 3.95. The first-order valence-electron chi connectivity index (χ1n) is 3.14. The van der Waals surface area contributed by atoms with Crippen molar-refractivity contribution >= 4 is 29.5 Å². The molecule has 0 bridgehead atoms. The molecular formula is C8H8S3. The molecule has 0 unspecified atom stereocenters. The van der Waals surface area contributed by atoms with Gasteiger partial charge in [-0.1, -0.05) is 36.5 Å². The first kappa shape index (κ1) is 8.84. The summed E-state index contributed by atoms with van der Waals surface area (Å²) in [5.74, 6) is 0. The van der Waals surface area contributed by atoms with Gasteiger partial charge in [0.25, 0.3) is 0 Å². The zero-order valence-corrected chi connectivity index (χ0v) is 8.29. The van der Waals surface area contributed by atoms with Crippen LogP contribution in [0.15, 0.2) is 47.3 Å². The van der Waals surface area contributed by atoms with Gasteiger partial charge in [0.05, 0.1) is 0 Å².